The van der Waals surface area contributed by atoms with Crippen LogP contribution in [-0.4, -0.2) is 21.3 Å². The molecule has 0 aliphatic heterocycles. The van der Waals surface area contributed by atoms with Crippen molar-refractivity contribution in [2.45, 2.75) is 31.6 Å². The molecule has 0 bridgehead atoms. The van der Waals surface area contributed by atoms with Crippen LogP contribution in [0, 0.1) is 6.92 Å². The molecule has 13 heavy (non-hydrogen) atoms. The molecule has 1 heterocycles. The number of aromatic nitrogens is 2. The largest absolute Gasteiger partial charge is 0.481 e. The molecular formula is C9H12N2O2. The van der Waals surface area contributed by atoms with Crippen molar-refractivity contribution in [2.24, 2.45) is 0 Å². The standard InChI is InChI=1S/C9H12N2O2/c1-6-7(5-10-11-6)9(8(12)13)3-2-4-9/h5H,2-4H2,1H3,(H,10,11)(H,12,13). The first-order valence-corrected chi connectivity index (χ1v) is 4.41. The van der Waals surface area contributed by atoms with Crippen LogP contribution in [0.5, 0.6) is 0 Å². The summed E-state index contributed by atoms with van der Waals surface area (Å²) in [6.07, 6.45) is 4.12. The second kappa shape index (κ2) is 2.58. The zero-order chi connectivity index (χ0) is 9.47. The van der Waals surface area contributed by atoms with E-state index in [0.29, 0.717) is 0 Å². The molecule has 0 amide bonds. The Morgan fingerprint density at radius 3 is 2.69 bits per heavy atom. The number of aromatic amines is 1. The first kappa shape index (κ1) is 8.29. The zero-order valence-electron chi connectivity index (χ0n) is 7.50. The molecule has 1 aliphatic carbocycles. The molecule has 1 fully saturated rings. The molecule has 1 saturated carbocycles. The third-order valence-corrected chi connectivity index (χ3v) is 2.96. The Morgan fingerprint density at radius 2 is 2.38 bits per heavy atom. The maximum Gasteiger partial charge on any atom is 0.314 e. The maximum absolute atomic E-state index is 11.1. The summed E-state index contributed by atoms with van der Waals surface area (Å²) in [4.78, 5) is 11.1. The summed E-state index contributed by atoms with van der Waals surface area (Å²) in [6.45, 7) is 1.87. The molecule has 70 valence electrons. The molecule has 1 aromatic rings. The second-order valence-electron chi connectivity index (χ2n) is 3.65. The highest BCUT2D eigenvalue weighted by Gasteiger charge is 2.47. The monoisotopic (exact) mass is 180 g/mol. The Labute approximate surface area is 76.0 Å². The minimum atomic E-state index is -0.719. The molecule has 0 saturated heterocycles. The molecule has 2 N–H and O–H groups in total. The van der Waals surface area contributed by atoms with Gasteiger partial charge in [0.2, 0.25) is 0 Å². The van der Waals surface area contributed by atoms with Gasteiger partial charge in [0.1, 0.15) is 0 Å². The Hall–Kier alpha value is -1.32. The van der Waals surface area contributed by atoms with E-state index in [1.165, 1.54) is 0 Å². The predicted octanol–water partition coefficient (Wildman–Crippen LogP) is 1.22. The zero-order valence-corrected chi connectivity index (χ0v) is 7.50. The number of rotatable bonds is 2. The first-order valence-electron chi connectivity index (χ1n) is 4.41. The van der Waals surface area contributed by atoms with Crippen molar-refractivity contribution in [3.63, 3.8) is 0 Å². The van der Waals surface area contributed by atoms with E-state index >= 15 is 0 Å². The van der Waals surface area contributed by atoms with E-state index in [-0.39, 0.29) is 0 Å². The lowest BCUT2D eigenvalue weighted by Gasteiger charge is -2.37. The van der Waals surface area contributed by atoms with E-state index in [9.17, 15) is 4.79 Å². The average Bonchev–Trinajstić information content (AvgIpc) is 2.34. The molecule has 0 spiro atoms. The summed E-state index contributed by atoms with van der Waals surface area (Å²) in [5.41, 5.74) is 1.09. The Balaban J connectivity index is 2.43. The minimum absolute atomic E-state index is 0.642. The van der Waals surface area contributed by atoms with E-state index in [0.717, 1.165) is 30.5 Å². The fourth-order valence-electron chi connectivity index (χ4n) is 1.96. The van der Waals surface area contributed by atoms with Gasteiger partial charge in [-0.3, -0.25) is 9.89 Å². The van der Waals surface area contributed by atoms with E-state index in [1.807, 2.05) is 6.92 Å². The maximum atomic E-state index is 11.1. The number of nitrogens with one attached hydrogen (secondary N) is 1. The van der Waals surface area contributed by atoms with Gasteiger partial charge in [0, 0.05) is 11.3 Å². The van der Waals surface area contributed by atoms with Gasteiger partial charge in [-0.1, -0.05) is 6.42 Å². The van der Waals surface area contributed by atoms with Gasteiger partial charge >= 0.3 is 5.97 Å². The summed E-state index contributed by atoms with van der Waals surface area (Å²) in [5, 5.41) is 15.8. The van der Waals surface area contributed by atoms with Gasteiger partial charge < -0.3 is 5.11 Å². The Morgan fingerprint density at radius 1 is 1.69 bits per heavy atom. The minimum Gasteiger partial charge on any atom is -0.481 e. The average molecular weight is 180 g/mol. The third-order valence-electron chi connectivity index (χ3n) is 2.96. The Kier molecular flexibility index (Phi) is 1.65. The number of aliphatic carboxylic acids is 1. The second-order valence-corrected chi connectivity index (χ2v) is 3.65. The molecule has 4 heteroatoms. The number of carboxylic acid groups (broad SMARTS) is 1. The van der Waals surface area contributed by atoms with Crippen LogP contribution in [0.3, 0.4) is 0 Å². The van der Waals surface area contributed by atoms with Gasteiger partial charge in [0.25, 0.3) is 0 Å². The summed E-state index contributed by atoms with van der Waals surface area (Å²) in [7, 11) is 0. The van der Waals surface area contributed by atoms with Gasteiger partial charge in [-0.25, -0.2) is 0 Å². The van der Waals surface area contributed by atoms with Crippen LogP contribution in [-0.2, 0) is 10.2 Å². The van der Waals surface area contributed by atoms with E-state index in [2.05, 4.69) is 10.2 Å². The predicted molar refractivity (Wildman–Crippen MR) is 46.5 cm³/mol. The lowest BCUT2D eigenvalue weighted by Crippen LogP contribution is -2.42. The SMILES string of the molecule is Cc1[nH]ncc1C1(C(=O)O)CCC1. The fourth-order valence-corrected chi connectivity index (χ4v) is 1.96. The first-order chi connectivity index (χ1) is 6.17. The molecule has 1 aromatic heterocycles. The van der Waals surface area contributed by atoms with Crippen molar-refractivity contribution in [1.82, 2.24) is 10.2 Å². The van der Waals surface area contributed by atoms with Crippen LogP contribution < -0.4 is 0 Å². The summed E-state index contributed by atoms with van der Waals surface area (Å²) >= 11 is 0. The lowest BCUT2D eigenvalue weighted by atomic mass is 9.64. The molecule has 1 aliphatic rings. The number of hydrogen-bond acceptors (Lipinski definition) is 2. The number of H-pyrrole nitrogens is 1. The summed E-state index contributed by atoms with van der Waals surface area (Å²) < 4.78 is 0. The molecule has 2 rings (SSSR count). The van der Waals surface area contributed by atoms with E-state index in [4.69, 9.17) is 5.11 Å². The number of carboxylic acids is 1. The Bertz CT molecular complexity index is 339. The molecule has 0 radical (unpaired) electrons. The topological polar surface area (TPSA) is 66.0 Å². The van der Waals surface area contributed by atoms with Crippen molar-refractivity contribution in [2.75, 3.05) is 0 Å². The van der Waals surface area contributed by atoms with Crippen molar-refractivity contribution < 1.29 is 9.90 Å². The third kappa shape index (κ3) is 0.978. The highest BCUT2D eigenvalue weighted by Crippen LogP contribution is 2.44. The highest BCUT2D eigenvalue weighted by atomic mass is 16.4. The smallest absolute Gasteiger partial charge is 0.314 e. The number of carbonyl (C=O) groups is 1. The highest BCUT2D eigenvalue weighted by molar-refractivity contribution is 5.82. The van der Waals surface area contributed by atoms with Gasteiger partial charge in [0.05, 0.1) is 11.6 Å². The lowest BCUT2D eigenvalue weighted by molar-refractivity contribution is -0.147. The van der Waals surface area contributed by atoms with Gasteiger partial charge in [-0.05, 0) is 19.8 Å². The quantitative estimate of drug-likeness (QED) is 0.719. The molecule has 0 atom stereocenters. The van der Waals surface area contributed by atoms with Crippen LogP contribution in [0.25, 0.3) is 0 Å². The van der Waals surface area contributed by atoms with Crippen LogP contribution >= 0.6 is 0 Å². The van der Waals surface area contributed by atoms with Crippen LogP contribution in [0.15, 0.2) is 6.20 Å². The van der Waals surface area contributed by atoms with Gasteiger partial charge in [-0.2, -0.15) is 5.10 Å². The van der Waals surface area contributed by atoms with Crippen molar-refractivity contribution >= 4 is 5.97 Å². The van der Waals surface area contributed by atoms with Gasteiger partial charge in [-0.15, -0.1) is 0 Å². The van der Waals surface area contributed by atoms with Crippen molar-refractivity contribution in [3.05, 3.63) is 17.5 Å². The molecule has 4 nitrogen and oxygen atoms in total. The van der Waals surface area contributed by atoms with Crippen molar-refractivity contribution in [3.8, 4) is 0 Å². The fraction of sp³-hybridized carbons (Fsp3) is 0.556. The van der Waals surface area contributed by atoms with Crippen LogP contribution in [0.4, 0.5) is 0 Å². The summed E-state index contributed by atoms with van der Waals surface area (Å²) in [5.74, 6) is -0.719. The van der Waals surface area contributed by atoms with Crippen molar-refractivity contribution in [1.29, 1.82) is 0 Å². The number of nitrogens with zero attached hydrogens (tertiary/aromatic N) is 1. The normalized spacial score (nSPS) is 19.5. The van der Waals surface area contributed by atoms with E-state index < -0.39 is 11.4 Å². The number of hydrogen-bond donors (Lipinski definition) is 2. The summed E-state index contributed by atoms with van der Waals surface area (Å²) in [6, 6.07) is 0. The molecule has 0 aromatic carbocycles. The van der Waals surface area contributed by atoms with Gasteiger partial charge in [0.15, 0.2) is 0 Å². The molecular weight excluding hydrogens is 168 g/mol. The van der Waals surface area contributed by atoms with E-state index in [1.54, 1.807) is 6.20 Å². The molecule has 0 unspecified atom stereocenters. The van der Waals surface area contributed by atoms with Crippen LogP contribution in [0.2, 0.25) is 0 Å². The van der Waals surface area contributed by atoms with Crippen LogP contribution in [0.1, 0.15) is 30.5 Å². The number of aryl methyl sites for hydroxylation is 1.